The second kappa shape index (κ2) is 13.1. The second-order valence-electron chi connectivity index (χ2n) is 10.0. The molecule has 0 bridgehead atoms. The molecular formula is C32H27F5N4O2S. The lowest BCUT2D eigenvalue weighted by Gasteiger charge is -2.20. The molecule has 0 unspecified atom stereocenters. The Morgan fingerprint density at radius 1 is 0.955 bits per heavy atom. The van der Waals surface area contributed by atoms with Gasteiger partial charge in [-0.1, -0.05) is 19.1 Å². The zero-order valence-corrected chi connectivity index (χ0v) is 24.5. The van der Waals surface area contributed by atoms with Gasteiger partial charge in [0.05, 0.1) is 38.5 Å². The predicted octanol–water partition coefficient (Wildman–Crippen LogP) is 8.15. The number of rotatable bonds is 10. The molecule has 0 spiro atoms. The topological polar surface area (TPSA) is 67.4 Å². The van der Waals surface area contributed by atoms with Gasteiger partial charge in [-0.25, -0.2) is 8.78 Å². The predicted molar refractivity (Wildman–Crippen MR) is 160 cm³/mol. The van der Waals surface area contributed by atoms with Gasteiger partial charge in [0.15, 0.2) is 11.6 Å². The molecule has 6 nitrogen and oxygen atoms in total. The Kier molecular flexibility index (Phi) is 9.21. The van der Waals surface area contributed by atoms with Crippen molar-refractivity contribution in [3.63, 3.8) is 0 Å². The Morgan fingerprint density at radius 3 is 2.45 bits per heavy atom. The molecule has 2 aromatic carbocycles. The molecule has 0 saturated heterocycles. The van der Waals surface area contributed by atoms with E-state index in [0.29, 0.717) is 34.2 Å². The summed E-state index contributed by atoms with van der Waals surface area (Å²) in [5.74, 6) is -2.18. The van der Waals surface area contributed by atoms with Gasteiger partial charge in [0.25, 0.3) is 0 Å². The number of ether oxygens (including phenoxy) is 1. The van der Waals surface area contributed by atoms with E-state index in [-0.39, 0.29) is 17.7 Å². The molecule has 3 aromatic heterocycles. The van der Waals surface area contributed by atoms with Gasteiger partial charge in [0.2, 0.25) is 5.91 Å². The van der Waals surface area contributed by atoms with Crippen LogP contribution in [0.25, 0.3) is 20.8 Å². The molecule has 0 fully saturated rings. The van der Waals surface area contributed by atoms with Crippen LogP contribution in [0.15, 0.2) is 73.1 Å². The lowest BCUT2D eigenvalue weighted by Crippen LogP contribution is -2.29. The summed E-state index contributed by atoms with van der Waals surface area (Å²) in [6.45, 7) is 3.76. The fraction of sp³-hybridized carbons (Fsp3) is 0.219. The summed E-state index contributed by atoms with van der Waals surface area (Å²) in [7, 11) is 1.16. The van der Waals surface area contributed by atoms with Gasteiger partial charge in [-0.3, -0.25) is 14.8 Å². The quantitative estimate of drug-likeness (QED) is 0.125. The number of hydrogen-bond donors (Lipinski definition) is 1. The molecule has 1 N–H and O–H groups in total. The smallest absolute Gasteiger partial charge is 0.416 e. The highest BCUT2D eigenvalue weighted by atomic mass is 32.1. The summed E-state index contributed by atoms with van der Waals surface area (Å²) in [4.78, 5) is 23.4. The molecule has 0 atom stereocenters. The number of aromatic nitrogens is 2. The number of anilines is 1. The van der Waals surface area contributed by atoms with E-state index >= 15 is 4.39 Å². The highest BCUT2D eigenvalue weighted by Crippen LogP contribution is 2.39. The molecule has 1 amide bonds. The molecule has 5 aromatic rings. The Balaban J connectivity index is 1.30. The van der Waals surface area contributed by atoms with Crippen molar-refractivity contribution in [2.75, 3.05) is 18.5 Å². The van der Waals surface area contributed by atoms with Crippen LogP contribution < -0.4 is 15.0 Å². The molecule has 3 heterocycles. The van der Waals surface area contributed by atoms with Crippen molar-refractivity contribution < 1.29 is 31.5 Å². The number of carbonyl (C=O) groups is 1. The lowest BCUT2D eigenvalue weighted by atomic mass is 10.1. The van der Waals surface area contributed by atoms with Gasteiger partial charge < -0.3 is 15.0 Å². The summed E-state index contributed by atoms with van der Waals surface area (Å²) in [6.07, 6.45) is -0.659. The summed E-state index contributed by atoms with van der Waals surface area (Å²) >= 11 is 1.41. The van der Waals surface area contributed by atoms with Crippen molar-refractivity contribution in [2.24, 2.45) is 0 Å². The SMILES string of the molecule is CCCNCc1ccc(-c2cc3nccc(Oc4ccc(CC(=O)N(C)c5cc(C(F)(F)F)ccc5F)cc4F)c3s2)nc1. The molecule has 12 heteroatoms. The number of pyridine rings is 2. The maximum Gasteiger partial charge on any atom is 0.416 e. The first kappa shape index (κ1) is 31.0. The maximum atomic E-state index is 15.1. The van der Waals surface area contributed by atoms with E-state index in [1.165, 1.54) is 23.5 Å². The summed E-state index contributed by atoms with van der Waals surface area (Å²) in [6, 6.07) is 13.2. The number of nitrogens with one attached hydrogen (secondary N) is 1. The van der Waals surface area contributed by atoms with Crippen molar-refractivity contribution in [1.82, 2.24) is 15.3 Å². The number of nitrogens with zero attached hydrogens (tertiary/aromatic N) is 3. The highest BCUT2D eigenvalue weighted by molar-refractivity contribution is 7.22. The first-order valence-corrected chi connectivity index (χ1v) is 14.5. The van der Waals surface area contributed by atoms with E-state index < -0.39 is 35.0 Å². The average molecular weight is 627 g/mol. The number of fused-ring (bicyclic) bond motifs is 1. The van der Waals surface area contributed by atoms with Crippen LogP contribution in [0.4, 0.5) is 27.6 Å². The molecule has 0 aliphatic rings. The van der Waals surface area contributed by atoms with Crippen molar-refractivity contribution >= 4 is 33.1 Å². The van der Waals surface area contributed by atoms with Crippen LogP contribution in [-0.4, -0.2) is 29.5 Å². The molecule has 0 aliphatic carbocycles. The van der Waals surface area contributed by atoms with Crippen molar-refractivity contribution in [1.29, 1.82) is 0 Å². The summed E-state index contributed by atoms with van der Waals surface area (Å²) in [5, 5.41) is 3.34. The van der Waals surface area contributed by atoms with Crippen LogP contribution in [0.3, 0.4) is 0 Å². The molecular weight excluding hydrogens is 599 g/mol. The standard InChI is InChI=1S/C32H27F5N4O2S/c1-3-11-38-17-20-4-8-24(40-18-20)29-16-25-31(44-29)28(10-12-39-25)43-27-9-5-19(13-23(27)34)14-30(42)41(2)26-15-21(32(35,36)37)6-7-22(26)33/h4-10,12-13,15-16,18,38H,3,11,14,17H2,1-2H3. The average Bonchev–Trinajstić information content (AvgIpc) is 3.44. The van der Waals surface area contributed by atoms with Crippen molar-refractivity contribution in [2.45, 2.75) is 32.5 Å². The zero-order valence-electron chi connectivity index (χ0n) is 23.7. The van der Waals surface area contributed by atoms with Gasteiger partial charge in [-0.2, -0.15) is 13.2 Å². The molecule has 44 heavy (non-hydrogen) atoms. The number of carbonyl (C=O) groups excluding carboxylic acids is 1. The van der Waals surface area contributed by atoms with E-state index in [4.69, 9.17) is 4.74 Å². The number of benzene rings is 2. The Labute approximate surface area is 254 Å². The first-order chi connectivity index (χ1) is 21.0. The monoisotopic (exact) mass is 626 g/mol. The number of hydrogen-bond acceptors (Lipinski definition) is 6. The molecule has 228 valence electrons. The molecule has 0 aliphatic heterocycles. The van der Waals surface area contributed by atoms with Crippen LogP contribution >= 0.6 is 11.3 Å². The third kappa shape index (κ3) is 7.03. The largest absolute Gasteiger partial charge is 0.453 e. The highest BCUT2D eigenvalue weighted by Gasteiger charge is 2.32. The molecule has 0 saturated carbocycles. The van der Waals surface area contributed by atoms with Crippen LogP contribution in [0.5, 0.6) is 11.5 Å². The van der Waals surface area contributed by atoms with E-state index in [1.807, 2.05) is 24.4 Å². The third-order valence-corrected chi connectivity index (χ3v) is 7.95. The van der Waals surface area contributed by atoms with Crippen LogP contribution in [0.2, 0.25) is 0 Å². The Hall–Kier alpha value is -4.42. The Bertz CT molecular complexity index is 1790. The minimum atomic E-state index is -4.70. The first-order valence-electron chi connectivity index (χ1n) is 13.7. The minimum Gasteiger partial charge on any atom is -0.453 e. The third-order valence-electron chi connectivity index (χ3n) is 6.79. The number of alkyl halides is 3. The van der Waals surface area contributed by atoms with Gasteiger partial charge >= 0.3 is 6.18 Å². The fourth-order valence-corrected chi connectivity index (χ4v) is 5.48. The summed E-state index contributed by atoms with van der Waals surface area (Å²) in [5.41, 5.74) is 1.11. The van der Waals surface area contributed by atoms with E-state index in [1.54, 1.807) is 12.3 Å². The summed E-state index contributed by atoms with van der Waals surface area (Å²) < 4.78 is 75.2. The van der Waals surface area contributed by atoms with Gasteiger partial charge in [-0.05, 0) is 66.6 Å². The fourth-order valence-electron chi connectivity index (χ4n) is 4.43. The van der Waals surface area contributed by atoms with Crippen LogP contribution in [-0.2, 0) is 23.9 Å². The number of likely N-dealkylation sites (N-methyl/N-ethyl adjacent to an activating group) is 1. The number of halogens is 5. The van der Waals surface area contributed by atoms with Gasteiger partial charge in [-0.15, -0.1) is 11.3 Å². The van der Waals surface area contributed by atoms with Gasteiger partial charge in [0, 0.05) is 32.1 Å². The normalized spacial score (nSPS) is 11.6. The van der Waals surface area contributed by atoms with E-state index in [2.05, 4.69) is 22.2 Å². The van der Waals surface area contributed by atoms with Crippen LogP contribution in [0.1, 0.15) is 30.0 Å². The second-order valence-corrected chi connectivity index (χ2v) is 11.1. The molecule has 0 radical (unpaired) electrons. The van der Waals surface area contributed by atoms with Gasteiger partial charge in [0.1, 0.15) is 11.6 Å². The maximum absolute atomic E-state index is 15.1. The van der Waals surface area contributed by atoms with E-state index in [9.17, 15) is 22.4 Å². The lowest BCUT2D eigenvalue weighted by molar-refractivity contribution is -0.137. The number of amides is 1. The van der Waals surface area contributed by atoms with Crippen molar-refractivity contribution in [3.8, 4) is 22.1 Å². The minimum absolute atomic E-state index is 0.0945. The van der Waals surface area contributed by atoms with E-state index in [0.717, 1.165) is 53.7 Å². The Morgan fingerprint density at radius 2 is 1.75 bits per heavy atom. The zero-order chi connectivity index (χ0) is 31.4. The number of thiophene rings is 1. The molecule has 5 rings (SSSR count). The van der Waals surface area contributed by atoms with Crippen LogP contribution in [0, 0.1) is 11.6 Å². The van der Waals surface area contributed by atoms with Crippen molar-refractivity contribution in [3.05, 3.63) is 101 Å².